The number of ether oxygens (including phenoxy) is 2. The number of nitrogens with one attached hydrogen (secondary N) is 1. The van der Waals surface area contributed by atoms with E-state index in [1.54, 1.807) is 6.92 Å². The number of hydrogen-bond donors (Lipinski definition) is 1. The molecule has 2 heterocycles. The fraction of sp³-hybridized carbons (Fsp3) is 0.412. The summed E-state index contributed by atoms with van der Waals surface area (Å²) in [6, 6.07) is 4.03. The molecule has 2 aromatic rings. The van der Waals surface area contributed by atoms with Crippen LogP contribution in [0.3, 0.4) is 0 Å². The third-order valence-electron chi connectivity index (χ3n) is 4.02. The van der Waals surface area contributed by atoms with Crippen molar-refractivity contribution in [3.8, 4) is 11.6 Å². The van der Waals surface area contributed by atoms with Crippen molar-refractivity contribution < 1.29 is 27.4 Å². The molecule has 1 aromatic heterocycles. The minimum absolute atomic E-state index is 0.0380. The molecule has 3 rings (SSSR count). The lowest BCUT2D eigenvalue weighted by molar-refractivity contribution is -0.138. The summed E-state index contributed by atoms with van der Waals surface area (Å²) in [6.07, 6.45) is -2.87. The van der Waals surface area contributed by atoms with Crippen LogP contribution in [0.15, 0.2) is 24.3 Å². The van der Waals surface area contributed by atoms with Crippen molar-refractivity contribution in [3.05, 3.63) is 40.5 Å². The molecule has 1 unspecified atom stereocenters. The summed E-state index contributed by atoms with van der Waals surface area (Å²) in [7, 11) is 0. The maximum Gasteiger partial charge on any atom is 0.420 e. The Bertz CT molecular complexity index is 833. The second kappa shape index (κ2) is 7.77. The molecule has 1 aromatic carbocycles. The number of nitrogens with zero attached hydrogens (tertiary/aromatic N) is 2. The van der Waals surface area contributed by atoms with Gasteiger partial charge in [0.1, 0.15) is 5.75 Å². The van der Waals surface area contributed by atoms with Gasteiger partial charge in [-0.15, -0.1) is 5.10 Å². The van der Waals surface area contributed by atoms with E-state index in [4.69, 9.17) is 21.1 Å². The first-order chi connectivity index (χ1) is 12.7. The molecule has 10 heteroatoms. The van der Waals surface area contributed by atoms with Crippen LogP contribution in [-0.4, -0.2) is 35.1 Å². The van der Waals surface area contributed by atoms with Gasteiger partial charge in [-0.3, -0.25) is 0 Å². The zero-order valence-corrected chi connectivity index (χ0v) is 15.1. The third-order valence-corrected chi connectivity index (χ3v) is 4.26. The third kappa shape index (κ3) is 4.72. The van der Waals surface area contributed by atoms with Gasteiger partial charge in [-0.25, -0.2) is 4.79 Å². The summed E-state index contributed by atoms with van der Waals surface area (Å²) in [4.78, 5) is 12.2. The van der Waals surface area contributed by atoms with Crippen molar-refractivity contribution in [2.24, 2.45) is 0 Å². The van der Waals surface area contributed by atoms with E-state index in [-0.39, 0.29) is 17.0 Å². The van der Waals surface area contributed by atoms with Gasteiger partial charge in [-0.05, 0) is 38.0 Å². The molecule has 0 radical (unpaired) electrons. The number of benzene rings is 1. The monoisotopic (exact) mass is 403 g/mol. The van der Waals surface area contributed by atoms with Crippen LogP contribution < -0.4 is 10.1 Å². The summed E-state index contributed by atoms with van der Waals surface area (Å²) >= 11 is 5.65. The van der Waals surface area contributed by atoms with Crippen LogP contribution in [0, 0.1) is 6.92 Å². The number of carbonyl (C=O) groups is 1. The summed E-state index contributed by atoms with van der Waals surface area (Å²) in [6.45, 7) is 2.60. The molecule has 1 saturated heterocycles. The first-order valence-electron chi connectivity index (χ1n) is 8.25. The van der Waals surface area contributed by atoms with Crippen molar-refractivity contribution in [1.82, 2.24) is 15.1 Å². The molecule has 0 saturated carbocycles. The second-order valence-electron chi connectivity index (χ2n) is 6.10. The van der Waals surface area contributed by atoms with Gasteiger partial charge in [-0.1, -0.05) is 11.6 Å². The molecule has 1 aliphatic rings. The van der Waals surface area contributed by atoms with Crippen LogP contribution in [0.1, 0.15) is 24.1 Å². The van der Waals surface area contributed by atoms with Gasteiger partial charge < -0.3 is 14.8 Å². The zero-order chi connectivity index (χ0) is 19.6. The predicted octanol–water partition coefficient (Wildman–Crippen LogP) is 4.39. The summed E-state index contributed by atoms with van der Waals surface area (Å²) in [5.74, 6) is -0.580. The molecule has 1 amide bonds. The maximum atomic E-state index is 13.2. The summed E-state index contributed by atoms with van der Waals surface area (Å²) in [5, 5.41) is 6.56. The largest absolute Gasteiger partial charge is 0.437 e. The van der Waals surface area contributed by atoms with E-state index in [1.807, 2.05) is 0 Å². The van der Waals surface area contributed by atoms with Gasteiger partial charge in [-0.2, -0.15) is 17.9 Å². The lowest BCUT2D eigenvalue weighted by atomic mass is 10.2. The zero-order valence-electron chi connectivity index (χ0n) is 14.3. The number of hydrogen-bond acceptors (Lipinski definition) is 4. The van der Waals surface area contributed by atoms with Gasteiger partial charge in [0.15, 0.2) is 0 Å². The van der Waals surface area contributed by atoms with E-state index in [9.17, 15) is 18.0 Å². The fourth-order valence-corrected chi connectivity index (χ4v) is 2.88. The number of carbonyl (C=O) groups excluding carboxylic acids is 1. The predicted molar refractivity (Wildman–Crippen MR) is 91.3 cm³/mol. The van der Waals surface area contributed by atoms with Gasteiger partial charge in [0.05, 0.1) is 17.4 Å². The lowest BCUT2D eigenvalue weighted by Crippen LogP contribution is -2.35. The van der Waals surface area contributed by atoms with Crippen LogP contribution in [0.4, 0.5) is 18.0 Å². The Kier molecular flexibility index (Phi) is 5.61. The molecule has 0 aliphatic carbocycles. The first kappa shape index (κ1) is 19.5. The number of aryl methyl sites for hydroxylation is 1. The van der Waals surface area contributed by atoms with Crippen molar-refractivity contribution in [1.29, 1.82) is 0 Å². The SMILES string of the molecule is Cc1cc(Oc2ccc(Cl)cc2C(F)(F)F)nn1C(=O)NCC1CCCO1. The van der Waals surface area contributed by atoms with E-state index in [2.05, 4.69) is 10.4 Å². The van der Waals surface area contributed by atoms with Crippen LogP contribution in [0.5, 0.6) is 11.6 Å². The molecule has 1 atom stereocenters. The van der Waals surface area contributed by atoms with E-state index < -0.39 is 23.5 Å². The molecule has 1 aliphatic heterocycles. The molecule has 1 fully saturated rings. The van der Waals surface area contributed by atoms with Gasteiger partial charge >= 0.3 is 12.2 Å². The van der Waals surface area contributed by atoms with E-state index >= 15 is 0 Å². The topological polar surface area (TPSA) is 65.4 Å². The Labute approximate surface area is 158 Å². The normalized spacial score (nSPS) is 17.1. The minimum Gasteiger partial charge on any atom is -0.437 e. The van der Waals surface area contributed by atoms with Crippen LogP contribution in [0.25, 0.3) is 0 Å². The standard InChI is InChI=1S/C17H17ClF3N3O3/c1-10-7-15(23-24(10)16(25)22-9-12-3-2-6-26-12)27-14-5-4-11(18)8-13(14)17(19,20)21/h4-5,7-8,12H,2-3,6,9H2,1H3,(H,22,25). The number of rotatable bonds is 4. The number of amides is 1. The van der Waals surface area contributed by atoms with Gasteiger partial charge in [0, 0.05) is 24.2 Å². The van der Waals surface area contributed by atoms with E-state index in [0.717, 1.165) is 29.7 Å². The number of halogens is 4. The molecular weight excluding hydrogens is 387 g/mol. The second-order valence-corrected chi connectivity index (χ2v) is 6.53. The minimum atomic E-state index is -4.64. The Balaban J connectivity index is 1.74. The lowest BCUT2D eigenvalue weighted by Gasteiger charge is -2.12. The number of alkyl halides is 3. The first-order valence-corrected chi connectivity index (χ1v) is 8.63. The van der Waals surface area contributed by atoms with Crippen molar-refractivity contribution >= 4 is 17.6 Å². The average Bonchev–Trinajstić information content (AvgIpc) is 3.23. The van der Waals surface area contributed by atoms with Crippen LogP contribution in [-0.2, 0) is 10.9 Å². The molecule has 27 heavy (non-hydrogen) atoms. The highest BCUT2D eigenvalue weighted by Gasteiger charge is 2.35. The van der Waals surface area contributed by atoms with Crippen LogP contribution in [0.2, 0.25) is 5.02 Å². The van der Waals surface area contributed by atoms with Gasteiger partial charge in [0.25, 0.3) is 0 Å². The Morgan fingerprint density at radius 3 is 2.89 bits per heavy atom. The Morgan fingerprint density at radius 2 is 2.22 bits per heavy atom. The molecule has 0 bridgehead atoms. The highest BCUT2D eigenvalue weighted by Crippen LogP contribution is 2.39. The molecule has 1 N–H and O–H groups in total. The van der Waals surface area contributed by atoms with Crippen molar-refractivity contribution in [3.63, 3.8) is 0 Å². The van der Waals surface area contributed by atoms with Gasteiger partial charge in [0.2, 0.25) is 5.88 Å². The highest BCUT2D eigenvalue weighted by atomic mass is 35.5. The van der Waals surface area contributed by atoms with Crippen LogP contribution >= 0.6 is 11.6 Å². The van der Waals surface area contributed by atoms with Crippen molar-refractivity contribution in [2.45, 2.75) is 32.0 Å². The quantitative estimate of drug-likeness (QED) is 0.822. The van der Waals surface area contributed by atoms with E-state index in [1.165, 1.54) is 12.1 Å². The Morgan fingerprint density at radius 1 is 1.44 bits per heavy atom. The van der Waals surface area contributed by atoms with Crippen molar-refractivity contribution in [2.75, 3.05) is 13.2 Å². The van der Waals surface area contributed by atoms with E-state index in [0.29, 0.717) is 18.8 Å². The summed E-state index contributed by atoms with van der Waals surface area (Å²) in [5.41, 5.74) is -0.609. The highest BCUT2D eigenvalue weighted by molar-refractivity contribution is 6.30. The molecule has 146 valence electrons. The molecule has 6 nitrogen and oxygen atoms in total. The maximum absolute atomic E-state index is 13.2. The molecule has 0 spiro atoms. The fourth-order valence-electron chi connectivity index (χ4n) is 2.71. The average molecular weight is 404 g/mol. The molecular formula is C17H17ClF3N3O3. The Hall–Kier alpha value is -2.26. The number of aromatic nitrogens is 2. The summed E-state index contributed by atoms with van der Waals surface area (Å²) < 4.78 is 51.2. The smallest absolute Gasteiger partial charge is 0.420 e.